The van der Waals surface area contributed by atoms with Crippen LogP contribution in [0, 0.1) is 0 Å². The Morgan fingerprint density at radius 2 is 1.89 bits per heavy atom. The monoisotopic (exact) mass is 244 g/mol. The van der Waals surface area contributed by atoms with Crippen LogP contribution in [0.25, 0.3) is 0 Å². The van der Waals surface area contributed by atoms with Gasteiger partial charge in [-0.05, 0) is 6.42 Å². The van der Waals surface area contributed by atoms with Gasteiger partial charge in [0.2, 0.25) is 0 Å². The van der Waals surface area contributed by atoms with Crippen LogP contribution in [-0.4, -0.2) is 26.8 Å². The molecule has 3 heteroatoms. The van der Waals surface area contributed by atoms with Gasteiger partial charge in [0.05, 0.1) is 12.2 Å². The number of hydrogen-bond acceptors (Lipinski definition) is 2. The van der Waals surface area contributed by atoms with Crippen molar-refractivity contribution in [1.82, 2.24) is 0 Å². The van der Waals surface area contributed by atoms with Crippen molar-refractivity contribution in [3.63, 3.8) is 0 Å². The molecule has 0 radical (unpaired) electrons. The third-order valence-electron chi connectivity index (χ3n) is 1.19. The van der Waals surface area contributed by atoms with Gasteiger partial charge in [0.1, 0.15) is 0 Å². The van der Waals surface area contributed by atoms with Gasteiger partial charge in [-0.1, -0.05) is 35.9 Å². The maximum Gasteiger partial charge on any atom is 0.0888 e. The highest BCUT2D eigenvalue weighted by molar-refractivity contribution is 14.1. The van der Waals surface area contributed by atoms with E-state index < -0.39 is 12.2 Å². The van der Waals surface area contributed by atoms with Crippen LogP contribution in [0.2, 0.25) is 0 Å². The maximum absolute atomic E-state index is 9.06. The first-order chi connectivity index (χ1) is 4.22. The summed E-state index contributed by atoms with van der Waals surface area (Å²) in [6.45, 7) is 1.99. The molecule has 2 nitrogen and oxygen atoms in total. The highest BCUT2D eigenvalue weighted by Gasteiger charge is 2.12. The fourth-order valence-corrected chi connectivity index (χ4v) is 1.18. The molecule has 2 N–H and O–H groups in total. The van der Waals surface area contributed by atoms with Gasteiger partial charge < -0.3 is 10.2 Å². The van der Waals surface area contributed by atoms with Crippen LogP contribution in [0.5, 0.6) is 0 Å². The number of hydrogen-bond donors (Lipinski definition) is 2. The van der Waals surface area contributed by atoms with Crippen LogP contribution in [0.3, 0.4) is 0 Å². The molecule has 56 valence electrons. The minimum Gasteiger partial charge on any atom is -0.390 e. The summed E-state index contributed by atoms with van der Waals surface area (Å²) in [4.78, 5) is 0. The maximum atomic E-state index is 9.06. The van der Waals surface area contributed by atoms with Crippen molar-refractivity contribution in [3.05, 3.63) is 0 Å². The summed E-state index contributed by atoms with van der Waals surface area (Å²) in [6.07, 6.45) is 0.566. The second-order valence-electron chi connectivity index (χ2n) is 2.08. The molecule has 0 rings (SSSR count). The first kappa shape index (κ1) is 9.65. The van der Waals surface area contributed by atoms with Gasteiger partial charge in [0.25, 0.3) is 0 Å². The molecular weight excluding hydrogens is 231 g/mol. The molecular formula is C6H13IO2. The van der Waals surface area contributed by atoms with E-state index in [4.69, 9.17) is 10.2 Å². The normalized spacial score (nSPS) is 17.3. The molecule has 0 spiro atoms. The average molecular weight is 244 g/mol. The molecule has 0 aliphatic carbocycles. The number of halogens is 1. The van der Waals surface area contributed by atoms with Crippen LogP contribution < -0.4 is 0 Å². The number of rotatable bonds is 4. The average Bonchev–Trinajstić information content (AvgIpc) is 1.87. The summed E-state index contributed by atoms with van der Waals surface area (Å²) in [5, 5.41) is 18.1. The van der Waals surface area contributed by atoms with Crippen LogP contribution >= 0.6 is 22.6 Å². The molecule has 0 bridgehead atoms. The molecule has 0 unspecified atom stereocenters. The fourth-order valence-electron chi connectivity index (χ4n) is 0.591. The van der Waals surface area contributed by atoms with Crippen LogP contribution in [0.4, 0.5) is 0 Å². The summed E-state index contributed by atoms with van der Waals surface area (Å²) in [6, 6.07) is 0. The number of aliphatic hydroxyl groups excluding tert-OH is 2. The molecule has 0 aliphatic heterocycles. The highest BCUT2D eigenvalue weighted by atomic mass is 127. The van der Waals surface area contributed by atoms with Crippen molar-refractivity contribution in [2.45, 2.75) is 32.0 Å². The Bertz CT molecular complexity index is 68.1. The standard InChI is InChI=1S/C6H13IO2/c1-2-3-5(8)6(9)4-7/h5-6,8-9H,2-4H2,1H3/t5-,6-/m0/s1. The zero-order chi connectivity index (χ0) is 7.28. The quantitative estimate of drug-likeness (QED) is 0.570. The van der Waals surface area contributed by atoms with E-state index in [1.165, 1.54) is 0 Å². The van der Waals surface area contributed by atoms with Crippen LogP contribution in [0.15, 0.2) is 0 Å². The molecule has 0 aromatic rings. The van der Waals surface area contributed by atoms with Gasteiger partial charge in [-0.15, -0.1) is 0 Å². The van der Waals surface area contributed by atoms with Crippen molar-refractivity contribution in [3.8, 4) is 0 Å². The first-order valence-electron chi connectivity index (χ1n) is 3.14. The summed E-state index contributed by atoms with van der Waals surface area (Å²) >= 11 is 2.06. The van der Waals surface area contributed by atoms with Crippen molar-refractivity contribution >= 4 is 22.6 Å². The van der Waals surface area contributed by atoms with Crippen molar-refractivity contribution in [2.75, 3.05) is 4.43 Å². The van der Waals surface area contributed by atoms with Gasteiger partial charge in [0, 0.05) is 4.43 Å². The minimum absolute atomic E-state index is 0.521. The summed E-state index contributed by atoms with van der Waals surface area (Å²) in [7, 11) is 0. The van der Waals surface area contributed by atoms with Crippen molar-refractivity contribution < 1.29 is 10.2 Å². The predicted molar refractivity (Wildman–Crippen MR) is 45.8 cm³/mol. The van der Waals surface area contributed by atoms with Gasteiger partial charge in [-0.25, -0.2) is 0 Å². The molecule has 0 aliphatic rings. The molecule has 0 saturated heterocycles. The minimum atomic E-state index is -0.537. The molecule has 0 heterocycles. The SMILES string of the molecule is CCC[C@H](O)[C@@H](O)CI. The Labute approximate surface area is 69.4 Å². The lowest BCUT2D eigenvalue weighted by Crippen LogP contribution is -2.26. The Kier molecular flexibility index (Phi) is 5.83. The van der Waals surface area contributed by atoms with E-state index in [0.29, 0.717) is 10.8 Å². The van der Waals surface area contributed by atoms with Crippen LogP contribution in [-0.2, 0) is 0 Å². The zero-order valence-corrected chi connectivity index (χ0v) is 7.71. The molecule has 0 fully saturated rings. The lowest BCUT2D eigenvalue weighted by molar-refractivity contribution is 0.0304. The smallest absolute Gasteiger partial charge is 0.0888 e. The topological polar surface area (TPSA) is 40.5 Å². The van der Waals surface area contributed by atoms with E-state index in [1.807, 2.05) is 6.92 Å². The van der Waals surface area contributed by atoms with E-state index in [9.17, 15) is 0 Å². The molecule has 0 aromatic heterocycles. The Morgan fingerprint density at radius 1 is 1.33 bits per heavy atom. The number of alkyl halides is 1. The van der Waals surface area contributed by atoms with E-state index in [2.05, 4.69) is 22.6 Å². The third-order valence-corrected chi connectivity index (χ3v) is 2.09. The number of aliphatic hydroxyl groups is 2. The second-order valence-corrected chi connectivity index (χ2v) is 2.96. The third kappa shape index (κ3) is 4.11. The van der Waals surface area contributed by atoms with Gasteiger partial charge in [0.15, 0.2) is 0 Å². The second kappa shape index (κ2) is 5.44. The molecule has 0 aromatic carbocycles. The van der Waals surface area contributed by atoms with Gasteiger partial charge >= 0.3 is 0 Å². The van der Waals surface area contributed by atoms with Gasteiger partial charge in [-0.2, -0.15) is 0 Å². The van der Waals surface area contributed by atoms with E-state index in [1.54, 1.807) is 0 Å². The molecule has 0 saturated carbocycles. The lowest BCUT2D eigenvalue weighted by atomic mass is 10.1. The summed E-state index contributed by atoms with van der Waals surface area (Å²) in [5.74, 6) is 0. The molecule has 2 atom stereocenters. The Morgan fingerprint density at radius 3 is 2.22 bits per heavy atom. The van der Waals surface area contributed by atoms with E-state index in [-0.39, 0.29) is 0 Å². The van der Waals surface area contributed by atoms with Gasteiger partial charge in [-0.3, -0.25) is 0 Å². The summed E-state index contributed by atoms with van der Waals surface area (Å²) < 4.78 is 0.610. The van der Waals surface area contributed by atoms with E-state index >= 15 is 0 Å². The predicted octanol–water partition coefficient (Wildman–Crippen LogP) is 0.943. The summed E-state index contributed by atoms with van der Waals surface area (Å²) in [5.41, 5.74) is 0. The van der Waals surface area contributed by atoms with E-state index in [0.717, 1.165) is 6.42 Å². The highest BCUT2D eigenvalue weighted by Crippen LogP contribution is 2.04. The first-order valence-corrected chi connectivity index (χ1v) is 4.67. The van der Waals surface area contributed by atoms with Crippen molar-refractivity contribution in [1.29, 1.82) is 0 Å². The largest absolute Gasteiger partial charge is 0.390 e. The lowest BCUT2D eigenvalue weighted by Gasteiger charge is -2.13. The molecule has 0 amide bonds. The zero-order valence-electron chi connectivity index (χ0n) is 5.55. The Hall–Kier alpha value is 0.650. The molecule has 9 heavy (non-hydrogen) atoms. The Balaban J connectivity index is 3.32. The van der Waals surface area contributed by atoms with Crippen molar-refractivity contribution in [2.24, 2.45) is 0 Å². The fraction of sp³-hybridized carbons (Fsp3) is 1.00. The van der Waals surface area contributed by atoms with Crippen LogP contribution in [0.1, 0.15) is 19.8 Å².